The molecule has 0 radical (unpaired) electrons. The van der Waals surface area contributed by atoms with Crippen LogP contribution in [0.2, 0.25) is 0 Å². The van der Waals surface area contributed by atoms with E-state index in [4.69, 9.17) is 0 Å². The maximum atomic E-state index is 13.4. The van der Waals surface area contributed by atoms with E-state index >= 15 is 0 Å². The van der Waals surface area contributed by atoms with E-state index in [-0.39, 0.29) is 30.0 Å². The van der Waals surface area contributed by atoms with Crippen LogP contribution in [-0.4, -0.2) is 36.6 Å². The second-order valence-electron chi connectivity index (χ2n) is 7.86. The van der Waals surface area contributed by atoms with E-state index in [2.05, 4.69) is 17.3 Å². The molecular weight excluding hydrogens is 366 g/mol. The van der Waals surface area contributed by atoms with Crippen LogP contribution in [-0.2, 0) is 0 Å². The van der Waals surface area contributed by atoms with Crippen LogP contribution in [0.25, 0.3) is 0 Å². The maximum absolute atomic E-state index is 13.4. The number of piperidine rings is 1. The lowest BCUT2D eigenvalue weighted by Crippen LogP contribution is -2.47. The summed E-state index contributed by atoms with van der Waals surface area (Å²) in [6, 6.07) is 15.3. The summed E-state index contributed by atoms with van der Waals surface area (Å²) in [4.78, 5) is 2.45. The molecule has 2 bridgehead atoms. The van der Waals surface area contributed by atoms with Crippen molar-refractivity contribution in [3.05, 3.63) is 71.3 Å². The highest BCUT2D eigenvalue weighted by molar-refractivity contribution is 5.85. The first-order chi connectivity index (χ1) is 12.6. The van der Waals surface area contributed by atoms with Gasteiger partial charge in [0.05, 0.1) is 0 Å². The van der Waals surface area contributed by atoms with Crippen molar-refractivity contribution in [3.8, 4) is 0 Å². The molecule has 2 unspecified atom stereocenters. The predicted molar refractivity (Wildman–Crippen MR) is 107 cm³/mol. The normalized spacial score (nSPS) is 24.3. The second-order valence-corrected chi connectivity index (χ2v) is 7.86. The van der Waals surface area contributed by atoms with Crippen molar-refractivity contribution >= 4 is 12.4 Å². The zero-order valence-electron chi connectivity index (χ0n) is 15.6. The Balaban J connectivity index is 0.00000210. The fourth-order valence-electron chi connectivity index (χ4n) is 4.62. The first-order valence-corrected chi connectivity index (χ1v) is 9.55. The van der Waals surface area contributed by atoms with Gasteiger partial charge in [-0.1, -0.05) is 24.3 Å². The molecule has 2 aromatic carbocycles. The van der Waals surface area contributed by atoms with E-state index < -0.39 is 0 Å². The Bertz CT molecular complexity index is 677. The average Bonchev–Trinajstić information content (AvgIpc) is 2.99. The highest BCUT2D eigenvalue weighted by Gasteiger charge is 2.35. The Morgan fingerprint density at radius 3 is 1.78 bits per heavy atom. The maximum Gasteiger partial charge on any atom is 0.123 e. The number of nitrogens with zero attached hydrogens (tertiary/aromatic N) is 1. The van der Waals surface area contributed by atoms with Gasteiger partial charge in [0.25, 0.3) is 0 Å². The number of likely N-dealkylation sites (N-methyl/N-ethyl adjacent to an activating group) is 1. The predicted octanol–water partition coefficient (Wildman–Crippen LogP) is 4.73. The second kappa shape index (κ2) is 8.68. The fraction of sp³-hybridized carbons (Fsp3) is 0.455. The van der Waals surface area contributed by atoms with Gasteiger partial charge in [-0.05, 0) is 68.1 Å². The quantitative estimate of drug-likeness (QED) is 0.791. The molecule has 2 fully saturated rings. The number of fused-ring (bicyclic) bond motifs is 2. The molecule has 0 aliphatic carbocycles. The summed E-state index contributed by atoms with van der Waals surface area (Å²) in [5, 5.41) is 3.69. The molecule has 2 atom stereocenters. The monoisotopic (exact) mass is 392 g/mol. The number of benzene rings is 2. The molecule has 2 saturated heterocycles. The standard InChI is InChI=1S/C22H26F2N2.ClH/c1-26(21-12-19-10-11-20(13-21)25-19)14-22(15-2-6-17(23)7-3-15)16-4-8-18(24)9-5-16;/h2-9,19-22,25H,10-14H2,1H3;1H. The third-order valence-corrected chi connectivity index (χ3v) is 6.09. The summed E-state index contributed by atoms with van der Waals surface area (Å²) in [5.41, 5.74) is 2.14. The van der Waals surface area contributed by atoms with E-state index in [0.717, 1.165) is 17.7 Å². The highest BCUT2D eigenvalue weighted by Crippen LogP contribution is 2.32. The van der Waals surface area contributed by atoms with Crippen molar-refractivity contribution < 1.29 is 8.78 Å². The van der Waals surface area contributed by atoms with Crippen molar-refractivity contribution in [1.82, 2.24) is 10.2 Å². The van der Waals surface area contributed by atoms with Crippen molar-refractivity contribution in [2.24, 2.45) is 0 Å². The average molecular weight is 393 g/mol. The molecule has 2 nitrogen and oxygen atoms in total. The smallest absolute Gasteiger partial charge is 0.123 e. The molecule has 2 aromatic rings. The van der Waals surface area contributed by atoms with Gasteiger partial charge in [-0.15, -0.1) is 12.4 Å². The van der Waals surface area contributed by atoms with Crippen LogP contribution in [0.1, 0.15) is 42.7 Å². The van der Waals surface area contributed by atoms with Crippen molar-refractivity contribution in [2.75, 3.05) is 13.6 Å². The molecule has 146 valence electrons. The van der Waals surface area contributed by atoms with Crippen LogP contribution in [0.4, 0.5) is 8.78 Å². The zero-order valence-corrected chi connectivity index (χ0v) is 16.4. The zero-order chi connectivity index (χ0) is 18.1. The summed E-state index contributed by atoms with van der Waals surface area (Å²) in [5.74, 6) is -0.349. The minimum Gasteiger partial charge on any atom is -0.311 e. The fourth-order valence-corrected chi connectivity index (χ4v) is 4.62. The number of halogens is 3. The van der Waals surface area contributed by atoms with Crippen molar-refractivity contribution in [3.63, 3.8) is 0 Å². The Morgan fingerprint density at radius 2 is 1.33 bits per heavy atom. The van der Waals surface area contributed by atoms with Gasteiger partial charge in [0, 0.05) is 30.6 Å². The Kier molecular flexibility index (Phi) is 6.51. The van der Waals surface area contributed by atoms with E-state index in [1.54, 1.807) is 0 Å². The van der Waals surface area contributed by atoms with Crippen molar-refractivity contribution in [2.45, 2.75) is 49.7 Å². The largest absolute Gasteiger partial charge is 0.311 e. The highest BCUT2D eigenvalue weighted by atomic mass is 35.5. The third kappa shape index (κ3) is 4.68. The Labute approximate surface area is 166 Å². The van der Waals surface area contributed by atoms with Crippen LogP contribution in [0.15, 0.2) is 48.5 Å². The van der Waals surface area contributed by atoms with Gasteiger partial charge in [-0.2, -0.15) is 0 Å². The first kappa shape index (κ1) is 20.2. The molecular formula is C22H27ClF2N2. The molecule has 0 aromatic heterocycles. The number of hydrogen-bond donors (Lipinski definition) is 1. The van der Waals surface area contributed by atoms with Gasteiger partial charge in [0.15, 0.2) is 0 Å². The van der Waals surface area contributed by atoms with Crippen LogP contribution < -0.4 is 5.32 Å². The van der Waals surface area contributed by atoms with E-state index in [1.165, 1.54) is 49.9 Å². The minimum absolute atomic E-state index is 0. The molecule has 2 heterocycles. The lowest BCUT2D eigenvalue weighted by molar-refractivity contribution is 0.168. The summed E-state index contributed by atoms with van der Waals surface area (Å²) in [6.07, 6.45) is 4.95. The SMILES string of the molecule is CN(CC(c1ccc(F)cc1)c1ccc(F)cc1)C1CC2CCC(C1)N2.Cl. The van der Waals surface area contributed by atoms with Crippen LogP contribution in [0.5, 0.6) is 0 Å². The Hall–Kier alpha value is -1.49. The Morgan fingerprint density at radius 1 is 0.889 bits per heavy atom. The summed E-state index contributed by atoms with van der Waals surface area (Å²) < 4.78 is 26.8. The lowest BCUT2D eigenvalue weighted by Gasteiger charge is -2.37. The molecule has 5 heteroatoms. The molecule has 0 spiro atoms. The van der Waals surface area contributed by atoms with E-state index in [9.17, 15) is 8.78 Å². The molecule has 27 heavy (non-hydrogen) atoms. The summed E-state index contributed by atoms with van der Waals surface area (Å²) in [7, 11) is 2.19. The van der Waals surface area contributed by atoms with Gasteiger partial charge >= 0.3 is 0 Å². The molecule has 0 amide bonds. The van der Waals surface area contributed by atoms with E-state index in [1.807, 2.05) is 24.3 Å². The van der Waals surface area contributed by atoms with Gasteiger partial charge < -0.3 is 10.2 Å². The van der Waals surface area contributed by atoms with Crippen LogP contribution in [0.3, 0.4) is 0 Å². The number of rotatable bonds is 5. The first-order valence-electron chi connectivity index (χ1n) is 9.55. The molecule has 2 aliphatic rings. The van der Waals surface area contributed by atoms with Crippen molar-refractivity contribution in [1.29, 1.82) is 0 Å². The third-order valence-electron chi connectivity index (χ3n) is 6.09. The molecule has 0 saturated carbocycles. The number of hydrogen-bond acceptors (Lipinski definition) is 2. The summed E-state index contributed by atoms with van der Waals surface area (Å²) >= 11 is 0. The van der Waals surface area contributed by atoms with Crippen LogP contribution in [0, 0.1) is 11.6 Å². The van der Waals surface area contributed by atoms with Gasteiger partial charge in [0.2, 0.25) is 0 Å². The number of nitrogens with one attached hydrogen (secondary N) is 1. The van der Waals surface area contributed by atoms with Crippen LogP contribution >= 0.6 is 12.4 Å². The molecule has 2 aliphatic heterocycles. The van der Waals surface area contributed by atoms with Gasteiger partial charge in [0.1, 0.15) is 11.6 Å². The molecule has 4 rings (SSSR count). The minimum atomic E-state index is -0.227. The van der Waals surface area contributed by atoms with Gasteiger partial charge in [-0.3, -0.25) is 0 Å². The van der Waals surface area contributed by atoms with Gasteiger partial charge in [-0.25, -0.2) is 8.78 Å². The molecule has 1 N–H and O–H groups in total. The summed E-state index contributed by atoms with van der Waals surface area (Å²) in [6.45, 7) is 0.849. The topological polar surface area (TPSA) is 15.3 Å². The lowest BCUT2D eigenvalue weighted by atomic mass is 9.89. The van der Waals surface area contributed by atoms with E-state index in [0.29, 0.717) is 18.1 Å².